The van der Waals surface area contributed by atoms with Gasteiger partial charge >= 0.3 is 0 Å². The molecule has 4 heteroatoms. The highest BCUT2D eigenvalue weighted by atomic mass is 79.9. The molecule has 0 atom stereocenters. The topological polar surface area (TPSA) is 53.2 Å². The van der Waals surface area contributed by atoms with Gasteiger partial charge in [-0.05, 0) is 30.3 Å². The first-order valence-electron chi connectivity index (χ1n) is 5.30. The number of hydrogen-bond donors (Lipinski definition) is 1. The van der Waals surface area contributed by atoms with Crippen molar-refractivity contribution in [2.75, 3.05) is 0 Å². The fraction of sp³-hybridized carbons (Fsp3) is 0.0714. The molecule has 1 N–H and O–H groups in total. The standard InChI is InChI=1S/C14H10BrNO2/c15-12-5-4-11(9-17)14(7-12)18-13-3-1-2-10(6-13)8-16/h1-7,17H,9H2. The van der Waals surface area contributed by atoms with E-state index in [-0.39, 0.29) is 6.61 Å². The fourth-order valence-corrected chi connectivity index (χ4v) is 1.85. The summed E-state index contributed by atoms with van der Waals surface area (Å²) < 4.78 is 6.55. The molecule has 0 aliphatic carbocycles. The largest absolute Gasteiger partial charge is 0.457 e. The van der Waals surface area contributed by atoms with Crippen LogP contribution in [0.25, 0.3) is 0 Å². The third-order valence-electron chi connectivity index (χ3n) is 2.39. The van der Waals surface area contributed by atoms with Crippen molar-refractivity contribution in [1.82, 2.24) is 0 Å². The van der Waals surface area contributed by atoms with E-state index in [9.17, 15) is 5.11 Å². The molecule has 0 aliphatic heterocycles. The minimum Gasteiger partial charge on any atom is -0.457 e. The quantitative estimate of drug-likeness (QED) is 0.942. The van der Waals surface area contributed by atoms with E-state index in [2.05, 4.69) is 22.0 Å². The number of rotatable bonds is 3. The van der Waals surface area contributed by atoms with Gasteiger partial charge in [0.1, 0.15) is 11.5 Å². The van der Waals surface area contributed by atoms with Crippen LogP contribution in [0.1, 0.15) is 11.1 Å². The van der Waals surface area contributed by atoms with Crippen molar-refractivity contribution >= 4 is 15.9 Å². The third-order valence-corrected chi connectivity index (χ3v) is 2.88. The summed E-state index contributed by atoms with van der Waals surface area (Å²) in [7, 11) is 0. The maximum Gasteiger partial charge on any atom is 0.134 e. The van der Waals surface area contributed by atoms with Gasteiger partial charge in [-0.3, -0.25) is 0 Å². The zero-order chi connectivity index (χ0) is 13.0. The zero-order valence-electron chi connectivity index (χ0n) is 9.43. The Labute approximate surface area is 113 Å². The molecule has 0 bridgehead atoms. The molecule has 18 heavy (non-hydrogen) atoms. The van der Waals surface area contributed by atoms with E-state index in [1.54, 1.807) is 36.4 Å². The molecule has 3 nitrogen and oxygen atoms in total. The summed E-state index contributed by atoms with van der Waals surface area (Å²) in [6.45, 7) is -0.0967. The normalized spacial score (nSPS) is 9.83. The monoisotopic (exact) mass is 303 g/mol. The second-order valence-electron chi connectivity index (χ2n) is 3.65. The van der Waals surface area contributed by atoms with Crippen molar-refractivity contribution in [3.63, 3.8) is 0 Å². The highest BCUT2D eigenvalue weighted by molar-refractivity contribution is 9.10. The lowest BCUT2D eigenvalue weighted by Crippen LogP contribution is -1.92. The second kappa shape index (κ2) is 5.67. The van der Waals surface area contributed by atoms with Gasteiger partial charge in [0.15, 0.2) is 0 Å². The predicted octanol–water partition coefficient (Wildman–Crippen LogP) is 3.61. The second-order valence-corrected chi connectivity index (χ2v) is 4.57. The summed E-state index contributed by atoms with van der Waals surface area (Å²) in [5.74, 6) is 1.14. The lowest BCUT2D eigenvalue weighted by atomic mass is 10.2. The number of nitriles is 1. The number of hydrogen-bond acceptors (Lipinski definition) is 3. The van der Waals surface area contributed by atoms with E-state index >= 15 is 0 Å². The SMILES string of the molecule is N#Cc1cccc(Oc2cc(Br)ccc2CO)c1. The molecule has 0 amide bonds. The summed E-state index contributed by atoms with van der Waals surface area (Å²) in [5, 5.41) is 18.1. The lowest BCUT2D eigenvalue weighted by Gasteiger charge is -2.10. The fourth-order valence-electron chi connectivity index (χ4n) is 1.51. The maximum absolute atomic E-state index is 9.24. The number of halogens is 1. The first-order chi connectivity index (χ1) is 8.72. The Hall–Kier alpha value is -1.83. The average Bonchev–Trinajstić information content (AvgIpc) is 2.39. The molecule has 0 fully saturated rings. The molecule has 0 aromatic heterocycles. The highest BCUT2D eigenvalue weighted by Crippen LogP contribution is 2.29. The van der Waals surface area contributed by atoms with Gasteiger partial charge in [0.05, 0.1) is 18.2 Å². The molecule has 0 unspecified atom stereocenters. The highest BCUT2D eigenvalue weighted by Gasteiger charge is 2.05. The van der Waals surface area contributed by atoms with Crippen molar-refractivity contribution in [3.05, 3.63) is 58.1 Å². The Bertz CT molecular complexity index is 605. The van der Waals surface area contributed by atoms with Gasteiger partial charge in [-0.1, -0.05) is 28.1 Å². The predicted molar refractivity (Wildman–Crippen MR) is 71.3 cm³/mol. The van der Waals surface area contributed by atoms with Crippen LogP contribution in [0, 0.1) is 11.3 Å². The minimum absolute atomic E-state index is 0.0967. The van der Waals surface area contributed by atoms with Crippen LogP contribution in [0.3, 0.4) is 0 Å². The van der Waals surface area contributed by atoms with Crippen LogP contribution in [0.4, 0.5) is 0 Å². The number of aliphatic hydroxyl groups is 1. The van der Waals surface area contributed by atoms with Crippen molar-refractivity contribution in [2.45, 2.75) is 6.61 Å². The summed E-state index contributed by atoms with van der Waals surface area (Å²) in [4.78, 5) is 0. The smallest absolute Gasteiger partial charge is 0.134 e. The van der Waals surface area contributed by atoms with Crippen molar-refractivity contribution in [1.29, 1.82) is 5.26 Å². The molecule has 0 heterocycles. The van der Waals surface area contributed by atoms with Crippen LogP contribution in [-0.4, -0.2) is 5.11 Å². The number of ether oxygens (including phenoxy) is 1. The summed E-state index contributed by atoms with van der Waals surface area (Å²) >= 11 is 3.35. The van der Waals surface area contributed by atoms with E-state index in [1.165, 1.54) is 0 Å². The third kappa shape index (κ3) is 2.89. The van der Waals surface area contributed by atoms with E-state index in [0.717, 1.165) is 4.47 Å². The molecule has 0 saturated heterocycles. The van der Waals surface area contributed by atoms with Gasteiger partial charge in [-0.25, -0.2) is 0 Å². The van der Waals surface area contributed by atoms with Crippen LogP contribution in [0.5, 0.6) is 11.5 Å². The lowest BCUT2D eigenvalue weighted by molar-refractivity contribution is 0.276. The molecule has 2 aromatic carbocycles. The van der Waals surface area contributed by atoms with Crippen LogP contribution in [-0.2, 0) is 6.61 Å². The number of nitrogens with zero attached hydrogens (tertiary/aromatic N) is 1. The molecule has 0 aliphatic rings. The molecule has 0 saturated carbocycles. The maximum atomic E-state index is 9.24. The molecule has 2 rings (SSSR count). The molecular weight excluding hydrogens is 294 g/mol. The Morgan fingerprint density at radius 1 is 1.22 bits per heavy atom. The summed E-state index contributed by atoms with van der Waals surface area (Å²) in [6, 6.07) is 14.3. The van der Waals surface area contributed by atoms with Crippen molar-refractivity contribution in [2.24, 2.45) is 0 Å². The summed E-state index contributed by atoms with van der Waals surface area (Å²) in [6.07, 6.45) is 0. The average molecular weight is 304 g/mol. The number of aliphatic hydroxyl groups excluding tert-OH is 1. The van der Waals surface area contributed by atoms with Crippen LogP contribution < -0.4 is 4.74 Å². The minimum atomic E-state index is -0.0967. The summed E-state index contributed by atoms with van der Waals surface area (Å²) in [5.41, 5.74) is 1.23. The van der Waals surface area contributed by atoms with Crippen molar-refractivity contribution < 1.29 is 9.84 Å². The zero-order valence-corrected chi connectivity index (χ0v) is 11.0. The van der Waals surface area contributed by atoms with Gasteiger partial charge in [-0.2, -0.15) is 5.26 Å². The molecule has 2 aromatic rings. The molecule has 0 radical (unpaired) electrons. The molecular formula is C14H10BrNO2. The van der Waals surface area contributed by atoms with Gasteiger partial charge in [0.2, 0.25) is 0 Å². The van der Waals surface area contributed by atoms with Gasteiger partial charge < -0.3 is 9.84 Å². The molecule has 90 valence electrons. The van der Waals surface area contributed by atoms with Crippen LogP contribution >= 0.6 is 15.9 Å². The van der Waals surface area contributed by atoms with E-state index in [0.29, 0.717) is 22.6 Å². The first-order valence-corrected chi connectivity index (χ1v) is 6.09. The van der Waals surface area contributed by atoms with Crippen molar-refractivity contribution in [3.8, 4) is 17.6 Å². The Kier molecular flexibility index (Phi) is 3.98. The van der Waals surface area contributed by atoms with Gasteiger partial charge in [0.25, 0.3) is 0 Å². The van der Waals surface area contributed by atoms with Gasteiger partial charge in [0, 0.05) is 10.0 Å². The Morgan fingerprint density at radius 2 is 2.06 bits per heavy atom. The Balaban J connectivity index is 2.33. The van der Waals surface area contributed by atoms with E-state index in [4.69, 9.17) is 10.00 Å². The van der Waals surface area contributed by atoms with Crippen LogP contribution in [0.15, 0.2) is 46.9 Å². The van der Waals surface area contributed by atoms with E-state index in [1.807, 2.05) is 6.07 Å². The Morgan fingerprint density at radius 3 is 2.78 bits per heavy atom. The van der Waals surface area contributed by atoms with E-state index < -0.39 is 0 Å². The van der Waals surface area contributed by atoms with Crippen LogP contribution in [0.2, 0.25) is 0 Å². The van der Waals surface area contributed by atoms with Gasteiger partial charge in [-0.15, -0.1) is 0 Å². The molecule has 0 spiro atoms. The number of benzene rings is 2. The first kappa shape index (κ1) is 12.6.